The van der Waals surface area contributed by atoms with Gasteiger partial charge < -0.3 is 4.74 Å². The number of thiazole rings is 1. The van der Waals surface area contributed by atoms with Crippen molar-refractivity contribution in [2.45, 2.75) is 33.4 Å². The summed E-state index contributed by atoms with van der Waals surface area (Å²) in [5, 5.41) is 10.8. The van der Waals surface area contributed by atoms with Crippen LogP contribution >= 0.6 is 35.2 Å². The van der Waals surface area contributed by atoms with E-state index in [1.807, 2.05) is 25.3 Å². The maximum Gasteiger partial charge on any atom is 0.261 e. The fourth-order valence-electron chi connectivity index (χ4n) is 2.65. The number of aromatic amines is 1. The molecule has 1 aromatic carbocycles. The van der Waals surface area contributed by atoms with E-state index in [0.717, 1.165) is 10.6 Å². The smallest absolute Gasteiger partial charge is 0.261 e. The van der Waals surface area contributed by atoms with Crippen LogP contribution in [0.5, 0.6) is 5.75 Å². The first kappa shape index (κ1) is 21.2. The highest BCUT2D eigenvalue weighted by Crippen LogP contribution is 2.33. The quantitative estimate of drug-likeness (QED) is 0.380. The Kier molecular flexibility index (Phi) is 6.51. The topological polar surface area (TPSA) is 84.8 Å². The summed E-state index contributed by atoms with van der Waals surface area (Å²) >= 11 is 12.7. The summed E-state index contributed by atoms with van der Waals surface area (Å²) in [6.07, 6.45) is 1.66. The van der Waals surface area contributed by atoms with Crippen molar-refractivity contribution in [1.82, 2.24) is 19.7 Å². The number of anilines is 1. The largest absolute Gasteiger partial charge is 0.490 e. The van der Waals surface area contributed by atoms with E-state index in [-0.39, 0.29) is 12.0 Å². The van der Waals surface area contributed by atoms with E-state index in [0.29, 0.717) is 38.6 Å². The molecule has 1 amide bonds. The maximum absolute atomic E-state index is 12.9. The predicted octanol–water partition coefficient (Wildman–Crippen LogP) is 5.25. The molecule has 0 saturated heterocycles. The van der Waals surface area contributed by atoms with Crippen LogP contribution in [0.2, 0.25) is 5.02 Å². The molecule has 0 radical (unpaired) electrons. The van der Waals surface area contributed by atoms with Crippen LogP contribution in [0.3, 0.4) is 0 Å². The number of rotatable bonds is 7. The maximum atomic E-state index is 12.9. The zero-order valence-electron chi connectivity index (χ0n) is 16.2. The molecule has 0 bridgehead atoms. The molecule has 2 N–H and O–H groups in total. The molecule has 0 aliphatic rings. The Morgan fingerprint density at radius 2 is 2.28 bits per heavy atom. The number of benzene rings is 1. The molecule has 29 heavy (non-hydrogen) atoms. The third-order valence-electron chi connectivity index (χ3n) is 3.84. The zero-order chi connectivity index (χ0) is 21.1. The molecule has 0 spiro atoms. The molecular formula is C19H20ClN5O2S2. The Hall–Kier alpha value is -2.49. The number of nitrogens with one attached hydrogen (secondary N) is 2. The van der Waals surface area contributed by atoms with Gasteiger partial charge >= 0.3 is 0 Å². The van der Waals surface area contributed by atoms with Crippen LogP contribution in [-0.4, -0.2) is 31.8 Å². The second kappa shape index (κ2) is 8.89. The summed E-state index contributed by atoms with van der Waals surface area (Å²) in [4.78, 5) is 18.1. The van der Waals surface area contributed by atoms with Gasteiger partial charge in [-0.25, -0.2) is 4.98 Å². The lowest BCUT2D eigenvalue weighted by atomic mass is 10.2. The van der Waals surface area contributed by atoms with Crippen LogP contribution < -0.4 is 10.1 Å². The normalized spacial score (nSPS) is 10.9. The molecule has 3 rings (SSSR count). The molecule has 0 fully saturated rings. The van der Waals surface area contributed by atoms with Crippen molar-refractivity contribution in [3.63, 3.8) is 0 Å². The molecule has 3 aromatic rings. The number of ether oxygens (including phenoxy) is 1. The van der Waals surface area contributed by atoms with Gasteiger partial charge in [0.2, 0.25) is 0 Å². The van der Waals surface area contributed by atoms with Crippen molar-refractivity contribution >= 4 is 46.2 Å². The summed E-state index contributed by atoms with van der Waals surface area (Å²) in [5.74, 6) is 0.757. The van der Waals surface area contributed by atoms with Crippen LogP contribution in [0.4, 0.5) is 5.13 Å². The number of amides is 1. The predicted molar refractivity (Wildman–Crippen MR) is 119 cm³/mol. The van der Waals surface area contributed by atoms with Gasteiger partial charge in [-0.2, -0.15) is 5.10 Å². The van der Waals surface area contributed by atoms with E-state index < -0.39 is 0 Å². The highest BCUT2D eigenvalue weighted by atomic mass is 35.5. The molecule has 0 aliphatic heterocycles. The van der Waals surface area contributed by atoms with Crippen molar-refractivity contribution in [2.24, 2.45) is 0 Å². The van der Waals surface area contributed by atoms with Gasteiger partial charge in [-0.05, 0) is 51.2 Å². The molecule has 7 nitrogen and oxygen atoms in total. The molecule has 10 heteroatoms. The SMILES string of the molecule is C=CCn1c(-c2sc(NC(=O)c3cc(Cl)ccc3OC(C)C)nc2C)n[nH]c1=S. The number of aromatic nitrogens is 4. The Labute approximate surface area is 182 Å². The number of H-pyrrole nitrogens is 1. The van der Waals surface area contributed by atoms with Crippen molar-refractivity contribution in [3.05, 3.63) is 51.9 Å². The van der Waals surface area contributed by atoms with Crippen LogP contribution in [-0.2, 0) is 6.54 Å². The van der Waals surface area contributed by atoms with E-state index in [1.165, 1.54) is 11.3 Å². The van der Waals surface area contributed by atoms with Crippen molar-refractivity contribution in [1.29, 1.82) is 0 Å². The van der Waals surface area contributed by atoms with Crippen LogP contribution in [0, 0.1) is 11.7 Å². The van der Waals surface area contributed by atoms with Crippen molar-refractivity contribution < 1.29 is 9.53 Å². The first-order valence-electron chi connectivity index (χ1n) is 8.81. The average Bonchev–Trinajstić information content (AvgIpc) is 3.19. The Bertz CT molecular complexity index is 1120. The van der Waals surface area contributed by atoms with Gasteiger partial charge in [-0.15, -0.1) is 6.58 Å². The summed E-state index contributed by atoms with van der Waals surface area (Å²) in [5.41, 5.74) is 1.07. The van der Waals surface area contributed by atoms with E-state index in [2.05, 4.69) is 27.1 Å². The number of hydrogen-bond donors (Lipinski definition) is 2. The van der Waals surface area contributed by atoms with E-state index in [4.69, 9.17) is 28.6 Å². The van der Waals surface area contributed by atoms with Crippen LogP contribution in [0.25, 0.3) is 10.7 Å². The van der Waals surface area contributed by atoms with Gasteiger partial charge in [0, 0.05) is 11.6 Å². The van der Waals surface area contributed by atoms with Gasteiger partial charge in [0.05, 0.1) is 22.2 Å². The number of halogens is 1. The standard InChI is InChI=1S/C19H20ClN5O2S2/c1-5-8-25-16(23-24-19(25)28)15-11(4)21-18(29-15)22-17(26)13-9-12(20)6-7-14(13)27-10(2)3/h5-7,9-10H,1,8H2,2-4H3,(H,24,28)(H,21,22,26). The lowest BCUT2D eigenvalue weighted by molar-refractivity contribution is 0.102. The van der Waals surface area contributed by atoms with E-state index in [9.17, 15) is 4.79 Å². The second-order valence-electron chi connectivity index (χ2n) is 6.45. The monoisotopic (exact) mass is 449 g/mol. The molecule has 2 aromatic heterocycles. The van der Waals surface area contributed by atoms with Crippen LogP contribution in [0.15, 0.2) is 30.9 Å². The average molecular weight is 450 g/mol. The Morgan fingerprint density at radius 1 is 1.52 bits per heavy atom. The summed E-state index contributed by atoms with van der Waals surface area (Å²) in [6, 6.07) is 4.94. The third kappa shape index (κ3) is 4.75. The van der Waals surface area contributed by atoms with Crippen LogP contribution in [0.1, 0.15) is 29.9 Å². The first-order chi connectivity index (χ1) is 13.8. The lowest BCUT2D eigenvalue weighted by Crippen LogP contribution is -2.15. The number of nitrogens with zero attached hydrogens (tertiary/aromatic N) is 3. The highest BCUT2D eigenvalue weighted by Gasteiger charge is 2.20. The molecule has 0 saturated carbocycles. The molecule has 0 unspecified atom stereocenters. The number of allylic oxidation sites excluding steroid dienone is 1. The lowest BCUT2D eigenvalue weighted by Gasteiger charge is -2.14. The molecule has 2 heterocycles. The van der Waals surface area contributed by atoms with E-state index >= 15 is 0 Å². The number of carbonyl (C=O) groups excluding carboxylic acids is 1. The number of aryl methyl sites for hydroxylation is 1. The van der Waals surface area contributed by atoms with Gasteiger partial charge in [0.15, 0.2) is 15.7 Å². The minimum Gasteiger partial charge on any atom is -0.490 e. The highest BCUT2D eigenvalue weighted by molar-refractivity contribution is 7.71. The Morgan fingerprint density at radius 3 is 2.97 bits per heavy atom. The number of hydrogen-bond acceptors (Lipinski definition) is 6. The van der Waals surface area contributed by atoms with E-state index in [1.54, 1.807) is 24.3 Å². The minimum atomic E-state index is -0.353. The third-order valence-corrected chi connectivity index (χ3v) is 5.45. The van der Waals surface area contributed by atoms with Gasteiger partial charge in [-0.1, -0.05) is 29.0 Å². The minimum absolute atomic E-state index is 0.0796. The zero-order valence-corrected chi connectivity index (χ0v) is 18.5. The first-order valence-corrected chi connectivity index (χ1v) is 10.4. The summed E-state index contributed by atoms with van der Waals surface area (Å²) in [6.45, 7) is 9.90. The Balaban J connectivity index is 1.91. The second-order valence-corrected chi connectivity index (χ2v) is 8.27. The summed E-state index contributed by atoms with van der Waals surface area (Å²) < 4.78 is 8.04. The molecule has 0 atom stereocenters. The fraction of sp³-hybridized carbons (Fsp3) is 0.263. The van der Waals surface area contributed by atoms with Crippen molar-refractivity contribution in [2.75, 3.05) is 5.32 Å². The fourth-order valence-corrected chi connectivity index (χ4v) is 3.99. The molecule has 152 valence electrons. The van der Waals surface area contributed by atoms with Gasteiger partial charge in [0.25, 0.3) is 5.91 Å². The van der Waals surface area contributed by atoms with Gasteiger partial charge in [0.1, 0.15) is 5.75 Å². The number of carbonyl (C=O) groups is 1. The molecule has 0 aliphatic carbocycles. The van der Waals surface area contributed by atoms with Crippen molar-refractivity contribution in [3.8, 4) is 16.5 Å². The molecular weight excluding hydrogens is 430 g/mol. The summed E-state index contributed by atoms with van der Waals surface area (Å²) in [7, 11) is 0. The van der Waals surface area contributed by atoms with Gasteiger partial charge in [-0.3, -0.25) is 19.8 Å².